The Morgan fingerprint density at radius 1 is 1.28 bits per heavy atom. The molecule has 1 rings (SSSR count). The Hall–Kier alpha value is -1.06. The molecule has 0 saturated carbocycles. The summed E-state index contributed by atoms with van der Waals surface area (Å²) in [5.41, 5.74) is 1.30. The molecule has 18 heavy (non-hydrogen) atoms. The number of benzene rings is 1. The van der Waals surface area contributed by atoms with E-state index in [4.69, 9.17) is 9.47 Å². The van der Waals surface area contributed by atoms with Crippen molar-refractivity contribution >= 4 is 0 Å². The topological polar surface area (TPSA) is 30.5 Å². The molecule has 2 unspecified atom stereocenters. The van der Waals surface area contributed by atoms with E-state index in [1.54, 1.807) is 14.2 Å². The lowest BCUT2D eigenvalue weighted by atomic mass is 9.96. The van der Waals surface area contributed by atoms with Gasteiger partial charge < -0.3 is 14.8 Å². The van der Waals surface area contributed by atoms with Gasteiger partial charge in [-0.1, -0.05) is 19.1 Å². The fraction of sp³-hybridized carbons (Fsp3) is 0.600. The quantitative estimate of drug-likeness (QED) is 0.770. The van der Waals surface area contributed by atoms with Crippen LogP contribution in [-0.2, 0) is 11.2 Å². The van der Waals surface area contributed by atoms with E-state index in [0.717, 1.165) is 25.2 Å². The highest BCUT2D eigenvalue weighted by molar-refractivity contribution is 5.28. The van der Waals surface area contributed by atoms with Gasteiger partial charge >= 0.3 is 0 Å². The SMILES string of the molecule is CNC(Cc1cccc(OC)c1)CC(C)COC. The third kappa shape index (κ3) is 5.07. The molecule has 102 valence electrons. The molecule has 0 spiro atoms. The predicted molar refractivity (Wildman–Crippen MR) is 75.2 cm³/mol. The summed E-state index contributed by atoms with van der Waals surface area (Å²) in [5, 5.41) is 3.38. The van der Waals surface area contributed by atoms with Crippen molar-refractivity contribution in [2.75, 3.05) is 27.9 Å². The fourth-order valence-electron chi connectivity index (χ4n) is 2.23. The molecule has 0 fully saturated rings. The molecule has 2 atom stereocenters. The molecule has 1 aromatic carbocycles. The van der Waals surface area contributed by atoms with Gasteiger partial charge in [-0.25, -0.2) is 0 Å². The average Bonchev–Trinajstić information content (AvgIpc) is 2.38. The predicted octanol–water partition coefficient (Wildman–Crippen LogP) is 2.50. The summed E-state index contributed by atoms with van der Waals surface area (Å²) in [6.45, 7) is 3.04. The van der Waals surface area contributed by atoms with Crippen molar-refractivity contribution in [3.8, 4) is 5.75 Å². The van der Waals surface area contributed by atoms with Crippen LogP contribution in [0, 0.1) is 5.92 Å². The van der Waals surface area contributed by atoms with E-state index in [9.17, 15) is 0 Å². The molecule has 0 amide bonds. The van der Waals surface area contributed by atoms with Crippen molar-refractivity contribution in [2.45, 2.75) is 25.8 Å². The Labute approximate surface area is 110 Å². The Morgan fingerprint density at radius 2 is 2.06 bits per heavy atom. The largest absolute Gasteiger partial charge is 0.497 e. The standard InChI is InChI=1S/C15H25NO2/c1-12(11-17-3)8-14(16-2)9-13-6-5-7-15(10-13)18-4/h5-7,10,12,14,16H,8-9,11H2,1-4H3. The van der Waals surface area contributed by atoms with Crippen molar-refractivity contribution in [1.29, 1.82) is 0 Å². The van der Waals surface area contributed by atoms with Crippen molar-refractivity contribution < 1.29 is 9.47 Å². The summed E-state index contributed by atoms with van der Waals surface area (Å²) < 4.78 is 10.4. The molecule has 0 aliphatic heterocycles. The summed E-state index contributed by atoms with van der Waals surface area (Å²) in [6.07, 6.45) is 2.13. The minimum absolute atomic E-state index is 0.474. The molecule has 0 heterocycles. The number of nitrogens with one attached hydrogen (secondary N) is 1. The summed E-state index contributed by atoms with van der Waals surface area (Å²) in [5.74, 6) is 1.49. The van der Waals surface area contributed by atoms with Crippen LogP contribution in [0.15, 0.2) is 24.3 Å². The van der Waals surface area contributed by atoms with Crippen LogP contribution < -0.4 is 10.1 Å². The van der Waals surface area contributed by atoms with Gasteiger partial charge in [0.15, 0.2) is 0 Å². The van der Waals surface area contributed by atoms with Gasteiger partial charge in [-0.2, -0.15) is 0 Å². The van der Waals surface area contributed by atoms with Crippen LogP contribution in [0.5, 0.6) is 5.75 Å². The van der Waals surface area contributed by atoms with Gasteiger partial charge in [0.25, 0.3) is 0 Å². The van der Waals surface area contributed by atoms with Crippen molar-refractivity contribution in [3.05, 3.63) is 29.8 Å². The molecule has 1 N–H and O–H groups in total. The highest BCUT2D eigenvalue weighted by atomic mass is 16.5. The van der Waals surface area contributed by atoms with Crippen LogP contribution in [0.1, 0.15) is 18.9 Å². The maximum Gasteiger partial charge on any atom is 0.119 e. The van der Waals surface area contributed by atoms with Gasteiger partial charge in [0.2, 0.25) is 0 Å². The molecule has 0 saturated heterocycles. The lowest BCUT2D eigenvalue weighted by Gasteiger charge is -2.20. The summed E-state index contributed by atoms with van der Waals surface area (Å²) in [7, 11) is 5.48. The number of hydrogen-bond acceptors (Lipinski definition) is 3. The third-order valence-corrected chi connectivity index (χ3v) is 3.16. The van der Waals surface area contributed by atoms with E-state index in [1.807, 2.05) is 19.2 Å². The average molecular weight is 251 g/mol. The zero-order valence-corrected chi connectivity index (χ0v) is 11.9. The second-order valence-electron chi connectivity index (χ2n) is 4.84. The van der Waals surface area contributed by atoms with Gasteiger partial charge in [0, 0.05) is 19.8 Å². The fourth-order valence-corrected chi connectivity index (χ4v) is 2.23. The van der Waals surface area contributed by atoms with E-state index in [0.29, 0.717) is 12.0 Å². The Morgan fingerprint density at radius 3 is 2.67 bits per heavy atom. The number of ether oxygens (including phenoxy) is 2. The highest BCUT2D eigenvalue weighted by Crippen LogP contribution is 2.16. The normalized spacial score (nSPS) is 14.2. The number of methoxy groups -OCH3 is 2. The van der Waals surface area contributed by atoms with Crippen molar-refractivity contribution in [2.24, 2.45) is 5.92 Å². The van der Waals surface area contributed by atoms with E-state index >= 15 is 0 Å². The summed E-state index contributed by atoms with van der Waals surface area (Å²) in [6, 6.07) is 8.74. The molecule has 0 aliphatic carbocycles. The third-order valence-electron chi connectivity index (χ3n) is 3.16. The smallest absolute Gasteiger partial charge is 0.119 e. The molecule has 1 aromatic rings. The number of likely N-dealkylation sites (N-methyl/N-ethyl adjacent to an activating group) is 1. The lowest BCUT2D eigenvalue weighted by Crippen LogP contribution is -2.30. The zero-order valence-electron chi connectivity index (χ0n) is 11.9. The second-order valence-corrected chi connectivity index (χ2v) is 4.84. The van der Waals surface area contributed by atoms with Gasteiger partial charge in [0.1, 0.15) is 5.75 Å². The first-order chi connectivity index (χ1) is 8.69. The van der Waals surface area contributed by atoms with E-state index < -0.39 is 0 Å². The zero-order chi connectivity index (χ0) is 13.4. The molecule has 0 aliphatic rings. The molecule has 3 nitrogen and oxygen atoms in total. The van der Waals surface area contributed by atoms with Crippen molar-refractivity contribution in [3.63, 3.8) is 0 Å². The molecule has 3 heteroatoms. The van der Waals surface area contributed by atoms with Gasteiger partial charge in [-0.15, -0.1) is 0 Å². The van der Waals surface area contributed by atoms with Crippen LogP contribution in [-0.4, -0.2) is 33.9 Å². The van der Waals surface area contributed by atoms with Gasteiger partial charge in [-0.05, 0) is 43.5 Å². The summed E-state index contributed by atoms with van der Waals surface area (Å²) in [4.78, 5) is 0. The van der Waals surface area contributed by atoms with Crippen LogP contribution in [0.4, 0.5) is 0 Å². The monoisotopic (exact) mass is 251 g/mol. The molecule has 0 bridgehead atoms. The minimum atomic E-state index is 0.474. The van der Waals surface area contributed by atoms with Crippen molar-refractivity contribution in [1.82, 2.24) is 5.32 Å². The van der Waals surface area contributed by atoms with E-state index in [2.05, 4.69) is 24.4 Å². The second kappa shape index (κ2) is 8.11. The molecule has 0 radical (unpaired) electrons. The Balaban J connectivity index is 2.56. The van der Waals surface area contributed by atoms with Crippen LogP contribution in [0.25, 0.3) is 0 Å². The molecule has 0 aromatic heterocycles. The van der Waals surface area contributed by atoms with Gasteiger partial charge in [0.05, 0.1) is 7.11 Å². The van der Waals surface area contributed by atoms with Crippen LogP contribution in [0.2, 0.25) is 0 Å². The maximum absolute atomic E-state index is 5.25. The Kier molecular flexibility index (Phi) is 6.76. The maximum atomic E-state index is 5.25. The number of hydrogen-bond donors (Lipinski definition) is 1. The Bertz CT molecular complexity index is 341. The molecular formula is C15H25NO2. The minimum Gasteiger partial charge on any atom is -0.497 e. The van der Waals surface area contributed by atoms with Crippen LogP contribution >= 0.6 is 0 Å². The van der Waals surface area contributed by atoms with Crippen LogP contribution in [0.3, 0.4) is 0 Å². The lowest BCUT2D eigenvalue weighted by molar-refractivity contribution is 0.150. The molecular weight excluding hydrogens is 226 g/mol. The first-order valence-electron chi connectivity index (χ1n) is 6.48. The van der Waals surface area contributed by atoms with Gasteiger partial charge in [-0.3, -0.25) is 0 Å². The van der Waals surface area contributed by atoms with E-state index in [1.165, 1.54) is 5.56 Å². The summed E-state index contributed by atoms with van der Waals surface area (Å²) >= 11 is 0. The number of rotatable bonds is 8. The van der Waals surface area contributed by atoms with E-state index in [-0.39, 0.29) is 0 Å². The highest BCUT2D eigenvalue weighted by Gasteiger charge is 2.12. The first-order valence-corrected chi connectivity index (χ1v) is 6.48. The first kappa shape index (κ1) is 15.0.